The zero-order chi connectivity index (χ0) is 21.7. The average Bonchev–Trinajstić information content (AvgIpc) is 3.24. The second kappa shape index (κ2) is 9.07. The molecule has 0 atom stereocenters. The van der Waals surface area contributed by atoms with Crippen molar-refractivity contribution in [3.05, 3.63) is 35.9 Å². The van der Waals surface area contributed by atoms with Crippen molar-refractivity contribution in [1.82, 2.24) is 19.6 Å². The van der Waals surface area contributed by atoms with Gasteiger partial charge < -0.3 is 24.3 Å². The van der Waals surface area contributed by atoms with Crippen LogP contribution in [0.4, 0.5) is 5.69 Å². The van der Waals surface area contributed by atoms with Crippen LogP contribution in [0.1, 0.15) is 23.0 Å². The van der Waals surface area contributed by atoms with E-state index in [0.29, 0.717) is 40.8 Å². The summed E-state index contributed by atoms with van der Waals surface area (Å²) in [5.74, 6) is 0.311. The monoisotopic (exact) mass is 415 g/mol. The molecular weight excluding hydrogens is 394 g/mol. The van der Waals surface area contributed by atoms with E-state index >= 15 is 0 Å². The molecule has 0 fully saturated rings. The van der Waals surface area contributed by atoms with Gasteiger partial charge in [0.15, 0.2) is 18.1 Å². The van der Waals surface area contributed by atoms with Crippen molar-refractivity contribution in [2.45, 2.75) is 13.3 Å². The topological polar surface area (TPSA) is 126 Å². The number of ether oxygens (including phenoxy) is 4. The van der Waals surface area contributed by atoms with E-state index in [-0.39, 0.29) is 5.56 Å². The van der Waals surface area contributed by atoms with Crippen molar-refractivity contribution in [3.63, 3.8) is 0 Å². The fraction of sp³-hybridized carbons (Fsp3) is 0.316. The predicted octanol–water partition coefficient (Wildman–Crippen LogP) is 1.51. The second-order valence-electron chi connectivity index (χ2n) is 5.98. The summed E-state index contributed by atoms with van der Waals surface area (Å²) in [5.41, 5.74) is 1.20. The lowest BCUT2D eigenvalue weighted by atomic mass is 10.2. The molecule has 3 aromatic rings. The van der Waals surface area contributed by atoms with Crippen molar-refractivity contribution >= 4 is 23.3 Å². The summed E-state index contributed by atoms with van der Waals surface area (Å²) >= 11 is 0. The van der Waals surface area contributed by atoms with Crippen LogP contribution >= 0.6 is 0 Å². The molecule has 11 heteroatoms. The highest BCUT2D eigenvalue weighted by Crippen LogP contribution is 2.39. The van der Waals surface area contributed by atoms with Crippen LogP contribution in [0.2, 0.25) is 0 Å². The molecule has 0 saturated carbocycles. The van der Waals surface area contributed by atoms with Crippen LogP contribution < -0.4 is 19.5 Å². The zero-order valence-electron chi connectivity index (χ0n) is 17.0. The van der Waals surface area contributed by atoms with Crippen LogP contribution in [-0.2, 0) is 16.0 Å². The van der Waals surface area contributed by atoms with E-state index in [1.807, 2.05) is 6.92 Å². The molecule has 0 unspecified atom stereocenters. The molecule has 0 bridgehead atoms. The van der Waals surface area contributed by atoms with Gasteiger partial charge in [-0.2, -0.15) is 10.1 Å². The minimum absolute atomic E-state index is 0.219. The van der Waals surface area contributed by atoms with Crippen LogP contribution in [0, 0.1) is 0 Å². The van der Waals surface area contributed by atoms with Crippen LogP contribution in [0.5, 0.6) is 17.2 Å². The third kappa shape index (κ3) is 4.09. The first-order chi connectivity index (χ1) is 14.5. The fourth-order valence-corrected chi connectivity index (χ4v) is 2.89. The molecule has 1 amide bonds. The SMILES string of the molecule is CCc1c(C(=O)OCC(=O)Nc2cc(OC)c(OC)c(OC)c2)cnc2ncnn12. The summed E-state index contributed by atoms with van der Waals surface area (Å²) in [7, 11) is 4.42. The normalized spacial score (nSPS) is 10.5. The lowest BCUT2D eigenvalue weighted by Gasteiger charge is -2.14. The van der Waals surface area contributed by atoms with Crippen LogP contribution in [0.3, 0.4) is 0 Å². The summed E-state index contributed by atoms with van der Waals surface area (Å²) in [6.07, 6.45) is 3.22. The Morgan fingerprint density at radius 1 is 1.07 bits per heavy atom. The number of carbonyl (C=O) groups excluding carboxylic acids is 2. The molecule has 0 spiro atoms. The number of benzene rings is 1. The average molecular weight is 415 g/mol. The van der Waals surface area contributed by atoms with Gasteiger partial charge in [-0.05, 0) is 6.42 Å². The Morgan fingerprint density at radius 2 is 1.77 bits per heavy atom. The number of aromatic nitrogens is 4. The number of rotatable bonds is 8. The molecule has 0 saturated heterocycles. The molecule has 158 valence electrons. The number of carbonyl (C=O) groups is 2. The van der Waals surface area contributed by atoms with Gasteiger partial charge >= 0.3 is 5.97 Å². The maximum absolute atomic E-state index is 12.5. The Bertz CT molecular complexity index is 1060. The Kier molecular flexibility index (Phi) is 6.30. The van der Waals surface area contributed by atoms with Gasteiger partial charge in [-0.15, -0.1) is 0 Å². The predicted molar refractivity (Wildman–Crippen MR) is 105 cm³/mol. The molecule has 2 aromatic heterocycles. The van der Waals surface area contributed by atoms with Crippen molar-refractivity contribution < 1.29 is 28.5 Å². The number of nitrogens with zero attached hydrogens (tertiary/aromatic N) is 4. The van der Waals surface area contributed by atoms with Gasteiger partial charge in [0.2, 0.25) is 5.75 Å². The van der Waals surface area contributed by atoms with Crippen molar-refractivity contribution in [3.8, 4) is 17.2 Å². The lowest BCUT2D eigenvalue weighted by molar-refractivity contribution is -0.119. The van der Waals surface area contributed by atoms with Crippen LogP contribution in [-0.4, -0.2) is 59.4 Å². The molecule has 1 N–H and O–H groups in total. The largest absolute Gasteiger partial charge is 0.493 e. The van der Waals surface area contributed by atoms with Gasteiger partial charge in [0, 0.05) is 24.0 Å². The fourth-order valence-electron chi connectivity index (χ4n) is 2.89. The van der Waals surface area contributed by atoms with E-state index in [9.17, 15) is 9.59 Å². The number of anilines is 1. The number of esters is 1. The van der Waals surface area contributed by atoms with Crippen LogP contribution in [0.25, 0.3) is 5.78 Å². The molecule has 30 heavy (non-hydrogen) atoms. The van der Waals surface area contributed by atoms with Gasteiger partial charge in [-0.25, -0.2) is 14.3 Å². The number of fused-ring (bicyclic) bond motifs is 1. The minimum Gasteiger partial charge on any atom is -0.493 e. The van der Waals surface area contributed by atoms with E-state index in [2.05, 4.69) is 20.4 Å². The molecule has 0 aliphatic heterocycles. The first-order valence-electron chi connectivity index (χ1n) is 8.96. The van der Waals surface area contributed by atoms with E-state index in [1.54, 1.807) is 12.1 Å². The number of methoxy groups -OCH3 is 3. The highest BCUT2D eigenvalue weighted by atomic mass is 16.5. The summed E-state index contributed by atoms with van der Waals surface area (Å²) in [4.78, 5) is 32.8. The van der Waals surface area contributed by atoms with Crippen LogP contribution in [0.15, 0.2) is 24.7 Å². The Morgan fingerprint density at radius 3 is 2.37 bits per heavy atom. The van der Waals surface area contributed by atoms with Gasteiger partial charge in [0.1, 0.15) is 6.33 Å². The quantitative estimate of drug-likeness (QED) is 0.545. The zero-order valence-corrected chi connectivity index (χ0v) is 17.0. The molecule has 0 aliphatic rings. The molecule has 0 aliphatic carbocycles. The van der Waals surface area contributed by atoms with Gasteiger partial charge in [-0.1, -0.05) is 6.92 Å². The first-order valence-corrected chi connectivity index (χ1v) is 8.96. The molecule has 2 heterocycles. The summed E-state index contributed by atoms with van der Waals surface area (Å²) in [5, 5.41) is 6.68. The number of hydrogen-bond donors (Lipinski definition) is 1. The Labute approximate surface area is 171 Å². The highest BCUT2D eigenvalue weighted by molar-refractivity contribution is 5.96. The Balaban J connectivity index is 1.70. The number of nitrogens with one attached hydrogen (secondary N) is 1. The minimum atomic E-state index is -0.684. The highest BCUT2D eigenvalue weighted by Gasteiger charge is 2.19. The van der Waals surface area contributed by atoms with E-state index in [0.717, 1.165) is 0 Å². The van der Waals surface area contributed by atoms with E-state index in [1.165, 1.54) is 38.4 Å². The third-order valence-electron chi connectivity index (χ3n) is 4.24. The maximum Gasteiger partial charge on any atom is 0.342 e. The number of hydrogen-bond acceptors (Lipinski definition) is 9. The summed E-state index contributed by atoms with van der Waals surface area (Å²) < 4.78 is 22.4. The molecule has 0 radical (unpaired) electrons. The lowest BCUT2D eigenvalue weighted by Crippen LogP contribution is -2.22. The van der Waals surface area contributed by atoms with E-state index in [4.69, 9.17) is 18.9 Å². The molecule has 3 rings (SSSR count). The number of aryl methyl sites for hydroxylation is 1. The maximum atomic E-state index is 12.5. The van der Waals surface area contributed by atoms with Crippen molar-refractivity contribution in [1.29, 1.82) is 0 Å². The second-order valence-corrected chi connectivity index (χ2v) is 5.98. The summed E-state index contributed by atoms with van der Waals surface area (Å²) in [6, 6.07) is 3.14. The standard InChI is InChI=1S/C19H21N5O6/c1-5-13-12(8-20-19-21-10-22-24(13)19)18(26)30-9-16(25)23-11-6-14(27-2)17(29-4)15(7-11)28-3/h6-8,10H,5,9H2,1-4H3,(H,23,25). The molecular formula is C19H21N5O6. The van der Waals surface area contributed by atoms with Crippen molar-refractivity contribution in [2.24, 2.45) is 0 Å². The smallest absolute Gasteiger partial charge is 0.342 e. The van der Waals surface area contributed by atoms with Gasteiger partial charge in [-0.3, -0.25) is 4.79 Å². The van der Waals surface area contributed by atoms with E-state index < -0.39 is 18.5 Å². The molecule has 11 nitrogen and oxygen atoms in total. The first kappa shape index (κ1) is 20.8. The van der Waals surface area contributed by atoms with Gasteiger partial charge in [0.25, 0.3) is 11.7 Å². The third-order valence-corrected chi connectivity index (χ3v) is 4.24. The number of amides is 1. The Hall–Kier alpha value is -3.89. The van der Waals surface area contributed by atoms with Crippen molar-refractivity contribution in [2.75, 3.05) is 33.3 Å². The summed E-state index contributed by atoms with van der Waals surface area (Å²) in [6.45, 7) is 1.37. The van der Waals surface area contributed by atoms with Gasteiger partial charge in [0.05, 0.1) is 32.6 Å². The molecule has 1 aromatic carbocycles.